The third-order valence-electron chi connectivity index (χ3n) is 3.95. The highest BCUT2D eigenvalue weighted by Crippen LogP contribution is 2.28. The second-order valence-electron chi connectivity index (χ2n) is 6.20. The molecule has 0 bridgehead atoms. The standard InChI is InChI=1S/C18H31NO2/c1-7-21-18-10-15(8-9-17(18)20-6)11-19-12-16(13(2)3)14(4)5/h8-10,13-14,16,19H,7,11-12H2,1-6H3. The summed E-state index contributed by atoms with van der Waals surface area (Å²) in [5, 5.41) is 3.57. The Hall–Kier alpha value is -1.22. The molecule has 1 aromatic rings. The third-order valence-corrected chi connectivity index (χ3v) is 3.95. The van der Waals surface area contributed by atoms with Crippen molar-refractivity contribution >= 4 is 0 Å². The van der Waals surface area contributed by atoms with E-state index in [4.69, 9.17) is 9.47 Å². The van der Waals surface area contributed by atoms with Crippen molar-refractivity contribution in [2.75, 3.05) is 20.3 Å². The van der Waals surface area contributed by atoms with Crippen LogP contribution in [0.15, 0.2) is 18.2 Å². The molecule has 120 valence electrons. The van der Waals surface area contributed by atoms with Gasteiger partial charge in [0.05, 0.1) is 13.7 Å². The van der Waals surface area contributed by atoms with E-state index in [-0.39, 0.29) is 0 Å². The summed E-state index contributed by atoms with van der Waals surface area (Å²) in [5.74, 6) is 3.72. The van der Waals surface area contributed by atoms with E-state index < -0.39 is 0 Å². The normalized spacial score (nSPS) is 11.5. The van der Waals surface area contributed by atoms with Gasteiger partial charge in [0.25, 0.3) is 0 Å². The van der Waals surface area contributed by atoms with Gasteiger partial charge in [0.2, 0.25) is 0 Å². The molecule has 0 atom stereocenters. The predicted molar refractivity (Wildman–Crippen MR) is 89.0 cm³/mol. The number of benzene rings is 1. The third kappa shape index (κ3) is 5.58. The van der Waals surface area contributed by atoms with Crippen LogP contribution in [0.5, 0.6) is 11.5 Å². The smallest absolute Gasteiger partial charge is 0.161 e. The first-order valence-corrected chi connectivity index (χ1v) is 8.00. The lowest BCUT2D eigenvalue weighted by atomic mass is 9.85. The predicted octanol–water partition coefficient (Wildman–Crippen LogP) is 4.11. The Morgan fingerprint density at radius 1 is 1.05 bits per heavy atom. The van der Waals surface area contributed by atoms with E-state index in [2.05, 4.69) is 45.1 Å². The van der Waals surface area contributed by atoms with Gasteiger partial charge in [0.1, 0.15) is 0 Å². The summed E-state index contributed by atoms with van der Waals surface area (Å²) in [6.45, 7) is 13.7. The molecule has 21 heavy (non-hydrogen) atoms. The summed E-state index contributed by atoms with van der Waals surface area (Å²) >= 11 is 0. The minimum Gasteiger partial charge on any atom is -0.493 e. The van der Waals surface area contributed by atoms with Crippen LogP contribution >= 0.6 is 0 Å². The first kappa shape index (κ1) is 17.8. The molecule has 0 saturated heterocycles. The van der Waals surface area contributed by atoms with Crippen molar-refractivity contribution in [1.82, 2.24) is 5.32 Å². The highest BCUT2D eigenvalue weighted by molar-refractivity contribution is 5.42. The molecule has 0 unspecified atom stereocenters. The van der Waals surface area contributed by atoms with Crippen LogP contribution in [0.3, 0.4) is 0 Å². The minimum atomic E-state index is 0.649. The number of hydrogen-bond donors (Lipinski definition) is 1. The van der Waals surface area contributed by atoms with E-state index >= 15 is 0 Å². The van der Waals surface area contributed by atoms with Gasteiger partial charge in [-0.05, 0) is 48.9 Å². The first-order chi connectivity index (χ1) is 9.99. The van der Waals surface area contributed by atoms with Gasteiger partial charge in [-0.15, -0.1) is 0 Å². The molecule has 0 amide bonds. The molecule has 0 radical (unpaired) electrons. The van der Waals surface area contributed by atoms with E-state index in [0.717, 1.165) is 24.6 Å². The van der Waals surface area contributed by atoms with Crippen molar-refractivity contribution in [3.8, 4) is 11.5 Å². The molecule has 0 aromatic heterocycles. The van der Waals surface area contributed by atoms with E-state index in [0.29, 0.717) is 24.4 Å². The molecule has 1 rings (SSSR count). The Labute approximate surface area is 130 Å². The van der Waals surface area contributed by atoms with Crippen LogP contribution in [0.1, 0.15) is 40.2 Å². The zero-order chi connectivity index (χ0) is 15.8. The monoisotopic (exact) mass is 293 g/mol. The quantitative estimate of drug-likeness (QED) is 0.743. The van der Waals surface area contributed by atoms with Gasteiger partial charge in [-0.2, -0.15) is 0 Å². The topological polar surface area (TPSA) is 30.5 Å². The molecular weight excluding hydrogens is 262 g/mol. The molecule has 0 aliphatic carbocycles. The lowest BCUT2D eigenvalue weighted by molar-refractivity contribution is 0.275. The second-order valence-corrected chi connectivity index (χ2v) is 6.20. The molecule has 1 N–H and O–H groups in total. The van der Waals surface area contributed by atoms with Gasteiger partial charge >= 0.3 is 0 Å². The van der Waals surface area contributed by atoms with E-state index in [1.165, 1.54) is 5.56 Å². The molecule has 0 spiro atoms. The summed E-state index contributed by atoms with van der Waals surface area (Å²) in [6.07, 6.45) is 0. The van der Waals surface area contributed by atoms with Crippen LogP contribution in [0.25, 0.3) is 0 Å². The Morgan fingerprint density at radius 2 is 1.71 bits per heavy atom. The maximum Gasteiger partial charge on any atom is 0.161 e. The fourth-order valence-electron chi connectivity index (χ4n) is 2.72. The lowest BCUT2D eigenvalue weighted by Crippen LogP contribution is -2.29. The van der Waals surface area contributed by atoms with Gasteiger partial charge in [-0.3, -0.25) is 0 Å². The summed E-state index contributed by atoms with van der Waals surface area (Å²) in [4.78, 5) is 0. The van der Waals surface area contributed by atoms with Crippen molar-refractivity contribution in [2.45, 2.75) is 41.2 Å². The molecule has 0 fully saturated rings. The Kier molecular flexibility index (Phi) is 7.58. The molecular formula is C18H31NO2. The van der Waals surface area contributed by atoms with Gasteiger partial charge in [-0.25, -0.2) is 0 Å². The Morgan fingerprint density at radius 3 is 2.24 bits per heavy atom. The van der Waals surface area contributed by atoms with Gasteiger partial charge in [-0.1, -0.05) is 33.8 Å². The highest BCUT2D eigenvalue weighted by atomic mass is 16.5. The Balaban J connectivity index is 2.61. The number of methoxy groups -OCH3 is 1. The van der Waals surface area contributed by atoms with Crippen LogP contribution < -0.4 is 14.8 Å². The SMILES string of the molecule is CCOc1cc(CNCC(C(C)C)C(C)C)ccc1OC. The summed E-state index contributed by atoms with van der Waals surface area (Å²) < 4.78 is 10.9. The van der Waals surface area contributed by atoms with Crippen LogP contribution in [0, 0.1) is 17.8 Å². The summed E-state index contributed by atoms with van der Waals surface area (Å²) in [5.41, 5.74) is 1.23. The van der Waals surface area contributed by atoms with Crippen molar-refractivity contribution in [2.24, 2.45) is 17.8 Å². The van der Waals surface area contributed by atoms with Crippen molar-refractivity contribution in [3.05, 3.63) is 23.8 Å². The number of rotatable bonds is 9. The average Bonchev–Trinajstić information content (AvgIpc) is 2.43. The Bertz CT molecular complexity index is 408. The second kappa shape index (κ2) is 8.93. The van der Waals surface area contributed by atoms with Crippen LogP contribution in [0.4, 0.5) is 0 Å². The van der Waals surface area contributed by atoms with E-state index in [9.17, 15) is 0 Å². The number of nitrogens with one attached hydrogen (secondary N) is 1. The molecule has 0 heterocycles. The molecule has 0 aliphatic heterocycles. The van der Waals surface area contributed by atoms with E-state index in [1.54, 1.807) is 7.11 Å². The van der Waals surface area contributed by atoms with Gasteiger partial charge < -0.3 is 14.8 Å². The summed E-state index contributed by atoms with van der Waals surface area (Å²) in [7, 11) is 1.67. The fourth-order valence-corrected chi connectivity index (χ4v) is 2.72. The molecule has 1 aromatic carbocycles. The highest BCUT2D eigenvalue weighted by Gasteiger charge is 2.16. The maximum absolute atomic E-state index is 5.62. The first-order valence-electron chi connectivity index (χ1n) is 8.00. The lowest BCUT2D eigenvalue weighted by Gasteiger charge is -2.25. The fraction of sp³-hybridized carbons (Fsp3) is 0.667. The minimum absolute atomic E-state index is 0.649. The number of ether oxygens (including phenoxy) is 2. The van der Waals surface area contributed by atoms with Crippen LogP contribution in [0.2, 0.25) is 0 Å². The largest absolute Gasteiger partial charge is 0.493 e. The number of hydrogen-bond acceptors (Lipinski definition) is 3. The summed E-state index contributed by atoms with van der Waals surface area (Å²) in [6, 6.07) is 6.13. The van der Waals surface area contributed by atoms with Crippen LogP contribution in [-0.4, -0.2) is 20.3 Å². The van der Waals surface area contributed by atoms with E-state index in [1.807, 2.05) is 13.0 Å². The zero-order valence-corrected chi connectivity index (χ0v) is 14.4. The average molecular weight is 293 g/mol. The van der Waals surface area contributed by atoms with Crippen molar-refractivity contribution in [1.29, 1.82) is 0 Å². The van der Waals surface area contributed by atoms with Gasteiger partial charge in [0, 0.05) is 6.54 Å². The maximum atomic E-state index is 5.62. The molecule has 3 nitrogen and oxygen atoms in total. The van der Waals surface area contributed by atoms with Gasteiger partial charge in [0.15, 0.2) is 11.5 Å². The van der Waals surface area contributed by atoms with Crippen molar-refractivity contribution in [3.63, 3.8) is 0 Å². The zero-order valence-electron chi connectivity index (χ0n) is 14.4. The molecule has 0 aliphatic rings. The van der Waals surface area contributed by atoms with Crippen molar-refractivity contribution < 1.29 is 9.47 Å². The van der Waals surface area contributed by atoms with Crippen LogP contribution in [-0.2, 0) is 6.54 Å². The molecule has 3 heteroatoms. The molecule has 0 saturated carbocycles.